The summed E-state index contributed by atoms with van der Waals surface area (Å²) in [6.45, 7) is 2.02. The van der Waals surface area contributed by atoms with Crippen molar-refractivity contribution in [3.8, 4) is 5.75 Å². The predicted octanol–water partition coefficient (Wildman–Crippen LogP) is 3.05. The van der Waals surface area contributed by atoms with Gasteiger partial charge in [-0.2, -0.15) is 0 Å². The summed E-state index contributed by atoms with van der Waals surface area (Å²) in [6, 6.07) is 7.76. The van der Waals surface area contributed by atoms with Gasteiger partial charge in [0, 0.05) is 19.5 Å². The topological polar surface area (TPSA) is 67.3 Å². The van der Waals surface area contributed by atoms with E-state index in [1.807, 2.05) is 24.3 Å². The number of carbonyl (C=O) groups is 1. The normalized spacial score (nSPS) is 14.2. The molecule has 6 heteroatoms. The first kappa shape index (κ1) is 17.2. The number of anilines is 2. The molecule has 2 heterocycles. The second-order valence-electron chi connectivity index (χ2n) is 6.22. The first-order valence-electron chi connectivity index (χ1n) is 8.74. The molecule has 3 rings (SSSR count). The number of nitrogens with zero attached hydrogens (tertiary/aromatic N) is 3. The number of rotatable bonds is 6. The maximum Gasteiger partial charge on any atom is 0.225 e. The Morgan fingerprint density at radius 2 is 1.80 bits per heavy atom. The molecule has 1 aliphatic heterocycles. The molecular formula is C19H24N4O2. The van der Waals surface area contributed by atoms with Gasteiger partial charge < -0.3 is 15.0 Å². The molecule has 1 amide bonds. The van der Waals surface area contributed by atoms with Crippen molar-refractivity contribution in [2.75, 3.05) is 30.4 Å². The minimum atomic E-state index is -0.0369. The van der Waals surface area contributed by atoms with E-state index in [2.05, 4.69) is 20.2 Å². The number of hydrogen-bond acceptors (Lipinski definition) is 5. The van der Waals surface area contributed by atoms with Crippen molar-refractivity contribution in [2.45, 2.75) is 32.1 Å². The molecule has 0 unspecified atom stereocenters. The fraction of sp³-hybridized carbons (Fsp3) is 0.421. The maximum absolute atomic E-state index is 12.1. The van der Waals surface area contributed by atoms with E-state index in [9.17, 15) is 4.79 Å². The molecule has 0 radical (unpaired) electrons. The third-order valence-electron chi connectivity index (χ3n) is 4.36. The quantitative estimate of drug-likeness (QED) is 0.875. The van der Waals surface area contributed by atoms with Crippen molar-refractivity contribution < 1.29 is 9.53 Å². The Morgan fingerprint density at radius 1 is 1.12 bits per heavy atom. The van der Waals surface area contributed by atoms with Gasteiger partial charge in [0.05, 0.1) is 25.2 Å². The Kier molecular flexibility index (Phi) is 5.82. The summed E-state index contributed by atoms with van der Waals surface area (Å²) < 4.78 is 5.13. The van der Waals surface area contributed by atoms with Gasteiger partial charge in [0.2, 0.25) is 11.9 Å². The van der Waals surface area contributed by atoms with Crippen molar-refractivity contribution in [3.05, 3.63) is 42.2 Å². The highest BCUT2D eigenvalue weighted by Crippen LogP contribution is 2.17. The van der Waals surface area contributed by atoms with Crippen LogP contribution in [0.2, 0.25) is 0 Å². The molecule has 25 heavy (non-hydrogen) atoms. The molecule has 1 saturated heterocycles. The summed E-state index contributed by atoms with van der Waals surface area (Å²) in [5.41, 5.74) is 1.74. The van der Waals surface area contributed by atoms with Gasteiger partial charge in [-0.15, -0.1) is 0 Å². The highest BCUT2D eigenvalue weighted by molar-refractivity contribution is 5.90. The summed E-state index contributed by atoms with van der Waals surface area (Å²) in [5.74, 6) is 1.53. The molecule has 0 aliphatic carbocycles. The molecule has 1 aromatic carbocycles. The van der Waals surface area contributed by atoms with Crippen LogP contribution in [-0.4, -0.2) is 36.1 Å². The van der Waals surface area contributed by atoms with Crippen LogP contribution in [0.1, 0.15) is 31.2 Å². The van der Waals surface area contributed by atoms with E-state index in [1.165, 1.54) is 19.3 Å². The number of methoxy groups -OCH3 is 1. The lowest BCUT2D eigenvalue weighted by atomic mass is 10.1. The number of ether oxygens (including phenoxy) is 1. The number of carbonyl (C=O) groups excluding carboxylic acids is 1. The van der Waals surface area contributed by atoms with Crippen LogP contribution in [0, 0.1) is 0 Å². The van der Waals surface area contributed by atoms with Crippen LogP contribution in [0.25, 0.3) is 0 Å². The van der Waals surface area contributed by atoms with Crippen LogP contribution in [0.3, 0.4) is 0 Å². The molecule has 1 N–H and O–H groups in total. The van der Waals surface area contributed by atoms with E-state index in [-0.39, 0.29) is 5.91 Å². The number of piperidine rings is 1. The zero-order chi connectivity index (χ0) is 17.5. The standard InChI is InChI=1S/C19H24N4O2/c1-25-17-8-5-15(6-9-17)7-10-18(24)22-16-13-20-19(21-14-16)23-11-3-2-4-12-23/h5-6,8-9,13-14H,2-4,7,10-12H2,1H3,(H,22,24). The van der Waals surface area contributed by atoms with Crippen molar-refractivity contribution >= 4 is 17.5 Å². The molecule has 6 nitrogen and oxygen atoms in total. The molecule has 1 fully saturated rings. The van der Waals surface area contributed by atoms with Crippen LogP contribution in [0.15, 0.2) is 36.7 Å². The first-order chi connectivity index (χ1) is 12.2. The third kappa shape index (κ3) is 4.92. The number of benzene rings is 1. The average Bonchev–Trinajstić information content (AvgIpc) is 2.68. The van der Waals surface area contributed by atoms with E-state index in [0.717, 1.165) is 30.4 Å². The smallest absolute Gasteiger partial charge is 0.225 e. The van der Waals surface area contributed by atoms with E-state index >= 15 is 0 Å². The second kappa shape index (κ2) is 8.46. The Labute approximate surface area is 148 Å². The lowest BCUT2D eigenvalue weighted by molar-refractivity contribution is -0.116. The Hall–Kier alpha value is -2.63. The van der Waals surface area contributed by atoms with Gasteiger partial charge in [-0.05, 0) is 43.4 Å². The number of aromatic nitrogens is 2. The number of hydrogen-bond donors (Lipinski definition) is 1. The zero-order valence-electron chi connectivity index (χ0n) is 14.6. The van der Waals surface area contributed by atoms with Gasteiger partial charge in [-0.25, -0.2) is 9.97 Å². The van der Waals surface area contributed by atoms with Crippen LogP contribution in [0.4, 0.5) is 11.6 Å². The summed E-state index contributed by atoms with van der Waals surface area (Å²) in [7, 11) is 1.64. The molecule has 132 valence electrons. The molecule has 0 bridgehead atoms. The Morgan fingerprint density at radius 3 is 2.44 bits per heavy atom. The van der Waals surface area contributed by atoms with Crippen LogP contribution in [0.5, 0.6) is 5.75 Å². The molecule has 0 atom stereocenters. The molecule has 1 aliphatic rings. The minimum Gasteiger partial charge on any atom is -0.497 e. The summed E-state index contributed by atoms with van der Waals surface area (Å²) >= 11 is 0. The number of aryl methyl sites for hydroxylation is 1. The lowest BCUT2D eigenvalue weighted by Crippen LogP contribution is -2.30. The molecule has 0 saturated carbocycles. The van der Waals surface area contributed by atoms with E-state index in [4.69, 9.17) is 4.74 Å². The SMILES string of the molecule is COc1ccc(CCC(=O)Nc2cnc(N3CCCCC3)nc2)cc1. The van der Waals surface area contributed by atoms with Crippen molar-refractivity contribution in [1.29, 1.82) is 0 Å². The summed E-state index contributed by atoms with van der Waals surface area (Å²) in [5, 5.41) is 2.86. The second-order valence-corrected chi connectivity index (χ2v) is 6.22. The van der Waals surface area contributed by atoms with Crippen LogP contribution < -0.4 is 15.0 Å². The molecule has 1 aromatic heterocycles. The van der Waals surface area contributed by atoms with Gasteiger partial charge in [-0.1, -0.05) is 12.1 Å². The highest BCUT2D eigenvalue weighted by atomic mass is 16.5. The average molecular weight is 340 g/mol. The van der Waals surface area contributed by atoms with E-state index in [0.29, 0.717) is 18.5 Å². The van der Waals surface area contributed by atoms with Gasteiger partial charge >= 0.3 is 0 Å². The first-order valence-corrected chi connectivity index (χ1v) is 8.74. The van der Waals surface area contributed by atoms with Gasteiger partial charge in [0.1, 0.15) is 5.75 Å². The van der Waals surface area contributed by atoms with Crippen LogP contribution >= 0.6 is 0 Å². The van der Waals surface area contributed by atoms with E-state index < -0.39 is 0 Å². The molecule has 0 spiro atoms. The van der Waals surface area contributed by atoms with Crippen molar-refractivity contribution in [3.63, 3.8) is 0 Å². The Bertz CT molecular complexity index is 680. The number of nitrogens with one attached hydrogen (secondary N) is 1. The minimum absolute atomic E-state index is 0.0369. The van der Waals surface area contributed by atoms with Crippen molar-refractivity contribution in [1.82, 2.24) is 9.97 Å². The highest BCUT2D eigenvalue weighted by Gasteiger charge is 2.13. The van der Waals surface area contributed by atoms with Gasteiger partial charge in [-0.3, -0.25) is 4.79 Å². The zero-order valence-corrected chi connectivity index (χ0v) is 14.6. The predicted molar refractivity (Wildman–Crippen MR) is 98.0 cm³/mol. The largest absolute Gasteiger partial charge is 0.497 e. The molecular weight excluding hydrogens is 316 g/mol. The van der Waals surface area contributed by atoms with Crippen molar-refractivity contribution in [2.24, 2.45) is 0 Å². The number of amides is 1. The summed E-state index contributed by atoms with van der Waals surface area (Å²) in [6.07, 6.45) is 8.12. The monoisotopic (exact) mass is 340 g/mol. The Balaban J connectivity index is 1.48. The van der Waals surface area contributed by atoms with Gasteiger partial charge in [0.15, 0.2) is 0 Å². The van der Waals surface area contributed by atoms with Gasteiger partial charge in [0.25, 0.3) is 0 Å². The van der Waals surface area contributed by atoms with Crippen LogP contribution in [-0.2, 0) is 11.2 Å². The molecule has 2 aromatic rings. The maximum atomic E-state index is 12.1. The fourth-order valence-electron chi connectivity index (χ4n) is 2.92. The summed E-state index contributed by atoms with van der Waals surface area (Å²) in [4.78, 5) is 23.0. The lowest BCUT2D eigenvalue weighted by Gasteiger charge is -2.26. The fourth-order valence-corrected chi connectivity index (χ4v) is 2.92. The third-order valence-corrected chi connectivity index (χ3v) is 4.36. The van der Waals surface area contributed by atoms with E-state index in [1.54, 1.807) is 19.5 Å².